The van der Waals surface area contributed by atoms with Gasteiger partial charge in [-0.3, -0.25) is 5.32 Å². The Hall–Kier alpha value is -0.0800. The standard InChI is InChI=1S/C5H10NO/c1-5(2)6-3-4-7-5/h3,6H,4H2,1-2H3. The molecule has 1 radical (unpaired) electrons. The van der Waals surface area contributed by atoms with Crippen molar-refractivity contribution >= 4 is 0 Å². The van der Waals surface area contributed by atoms with Crippen molar-refractivity contribution in [1.29, 1.82) is 0 Å². The summed E-state index contributed by atoms with van der Waals surface area (Å²) in [7, 11) is 0. The fourth-order valence-electron chi connectivity index (χ4n) is 0.579. The van der Waals surface area contributed by atoms with E-state index >= 15 is 0 Å². The van der Waals surface area contributed by atoms with E-state index in [0.29, 0.717) is 0 Å². The largest absolute Gasteiger partial charge is 0.360 e. The molecule has 0 aromatic carbocycles. The van der Waals surface area contributed by atoms with Crippen LogP contribution in [0.2, 0.25) is 0 Å². The minimum atomic E-state index is -0.111. The van der Waals surface area contributed by atoms with Gasteiger partial charge in [-0.1, -0.05) is 0 Å². The Bertz CT molecular complexity index is 62.5. The van der Waals surface area contributed by atoms with Crippen molar-refractivity contribution in [3.05, 3.63) is 6.54 Å². The van der Waals surface area contributed by atoms with E-state index < -0.39 is 0 Å². The predicted octanol–water partition coefficient (Wildman–Crippen LogP) is 0.504. The smallest absolute Gasteiger partial charge is 0.113 e. The van der Waals surface area contributed by atoms with Gasteiger partial charge in [0, 0.05) is 0 Å². The number of hydrogen-bond acceptors (Lipinski definition) is 2. The molecule has 7 heavy (non-hydrogen) atoms. The molecule has 0 saturated carbocycles. The van der Waals surface area contributed by atoms with Crippen molar-refractivity contribution in [2.24, 2.45) is 0 Å². The Morgan fingerprint density at radius 1 is 1.71 bits per heavy atom. The van der Waals surface area contributed by atoms with Crippen LogP contribution in [0.5, 0.6) is 0 Å². The van der Waals surface area contributed by atoms with Gasteiger partial charge in [-0.15, -0.1) is 0 Å². The first-order chi connectivity index (χ1) is 3.21. The second kappa shape index (κ2) is 1.46. The van der Waals surface area contributed by atoms with Gasteiger partial charge >= 0.3 is 0 Å². The summed E-state index contributed by atoms with van der Waals surface area (Å²) < 4.78 is 5.17. The van der Waals surface area contributed by atoms with E-state index in [1.54, 1.807) is 0 Å². The molecule has 0 spiro atoms. The van der Waals surface area contributed by atoms with Crippen LogP contribution in [0.25, 0.3) is 0 Å². The van der Waals surface area contributed by atoms with E-state index in [-0.39, 0.29) is 5.72 Å². The zero-order valence-electron chi connectivity index (χ0n) is 4.69. The molecule has 1 heterocycles. The second-order valence-electron chi connectivity index (χ2n) is 2.17. The third kappa shape index (κ3) is 1.14. The molecule has 0 unspecified atom stereocenters. The SMILES string of the molecule is CC1(C)N[CH]CO1. The number of rotatable bonds is 0. The Kier molecular flexibility index (Phi) is 1.05. The van der Waals surface area contributed by atoms with Crippen LogP contribution in [0.4, 0.5) is 0 Å². The number of nitrogens with one attached hydrogen (secondary N) is 1. The molecule has 2 nitrogen and oxygen atoms in total. The lowest BCUT2D eigenvalue weighted by atomic mass is 10.3. The Balaban J connectivity index is 2.40. The van der Waals surface area contributed by atoms with Crippen molar-refractivity contribution in [3.8, 4) is 0 Å². The summed E-state index contributed by atoms with van der Waals surface area (Å²) in [6.07, 6.45) is 0. The third-order valence-corrected chi connectivity index (χ3v) is 0.977. The lowest BCUT2D eigenvalue weighted by Gasteiger charge is -2.15. The van der Waals surface area contributed by atoms with E-state index in [1.165, 1.54) is 0 Å². The Labute approximate surface area is 43.9 Å². The van der Waals surface area contributed by atoms with Gasteiger partial charge < -0.3 is 4.74 Å². The quantitative estimate of drug-likeness (QED) is 0.478. The third-order valence-electron chi connectivity index (χ3n) is 0.977. The summed E-state index contributed by atoms with van der Waals surface area (Å²) in [4.78, 5) is 0. The predicted molar refractivity (Wildman–Crippen MR) is 27.5 cm³/mol. The first kappa shape index (κ1) is 5.06. The van der Waals surface area contributed by atoms with E-state index in [4.69, 9.17) is 4.74 Å². The van der Waals surface area contributed by atoms with Gasteiger partial charge in [-0.2, -0.15) is 0 Å². The lowest BCUT2D eigenvalue weighted by Crippen LogP contribution is -2.31. The first-order valence-electron chi connectivity index (χ1n) is 2.44. The summed E-state index contributed by atoms with van der Waals surface area (Å²) in [5, 5.41) is 3.05. The molecule has 1 aliphatic rings. The van der Waals surface area contributed by atoms with Crippen molar-refractivity contribution in [2.75, 3.05) is 6.61 Å². The summed E-state index contributed by atoms with van der Waals surface area (Å²) in [6.45, 7) is 6.64. The van der Waals surface area contributed by atoms with Crippen molar-refractivity contribution < 1.29 is 4.74 Å². The highest BCUT2D eigenvalue weighted by atomic mass is 16.5. The molecule has 1 fully saturated rings. The molecule has 0 atom stereocenters. The molecule has 0 bridgehead atoms. The van der Waals surface area contributed by atoms with Crippen LogP contribution in [0.1, 0.15) is 13.8 Å². The fourth-order valence-corrected chi connectivity index (χ4v) is 0.579. The van der Waals surface area contributed by atoms with Gasteiger partial charge in [0.05, 0.1) is 13.2 Å². The van der Waals surface area contributed by atoms with Gasteiger partial charge in [0.15, 0.2) is 0 Å². The summed E-state index contributed by atoms with van der Waals surface area (Å²) >= 11 is 0. The maximum Gasteiger partial charge on any atom is 0.113 e. The van der Waals surface area contributed by atoms with E-state index in [1.807, 2.05) is 20.4 Å². The molecule has 0 aromatic rings. The van der Waals surface area contributed by atoms with Crippen LogP contribution in [0, 0.1) is 6.54 Å². The highest BCUT2D eigenvalue weighted by molar-refractivity contribution is 4.79. The van der Waals surface area contributed by atoms with E-state index in [2.05, 4.69) is 5.32 Å². The summed E-state index contributed by atoms with van der Waals surface area (Å²) in [5.41, 5.74) is -0.111. The number of hydrogen-bond donors (Lipinski definition) is 1. The Morgan fingerprint density at radius 2 is 2.43 bits per heavy atom. The fraction of sp³-hybridized carbons (Fsp3) is 0.800. The van der Waals surface area contributed by atoms with Crippen LogP contribution in [-0.4, -0.2) is 12.3 Å². The molecule has 41 valence electrons. The highest BCUT2D eigenvalue weighted by Gasteiger charge is 2.21. The zero-order valence-corrected chi connectivity index (χ0v) is 4.69. The summed E-state index contributed by atoms with van der Waals surface area (Å²) in [5.74, 6) is 0. The van der Waals surface area contributed by atoms with Gasteiger partial charge in [-0.05, 0) is 13.8 Å². The van der Waals surface area contributed by atoms with Crippen LogP contribution < -0.4 is 5.32 Å². The molecule has 1 saturated heterocycles. The van der Waals surface area contributed by atoms with Gasteiger partial charge in [-0.25, -0.2) is 0 Å². The highest BCUT2D eigenvalue weighted by Crippen LogP contribution is 2.10. The van der Waals surface area contributed by atoms with Crippen molar-refractivity contribution in [3.63, 3.8) is 0 Å². The van der Waals surface area contributed by atoms with Crippen LogP contribution >= 0.6 is 0 Å². The maximum absolute atomic E-state index is 5.17. The lowest BCUT2D eigenvalue weighted by molar-refractivity contribution is 0.0235. The van der Waals surface area contributed by atoms with Crippen molar-refractivity contribution in [1.82, 2.24) is 5.32 Å². The molecule has 1 rings (SSSR count). The van der Waals surface area contributed by atoms with Crippen LogP contribution in [-0.2, 0) is 4.74 Å². The monoisotopic (exact) mass is 100 g/mol. The zero-order chi connectivity index (χ0) is 5.33. The molecule has 0 amide bonds. The average molecular weight is 100 g/mol. The summed E-state index contributed by atoms with van der Waals surface area (Å²) in [6, 6.07) is 0. The minimum Gasteiger partial charge on any atom is -0.360 e. The molecular formula is C5H10NO. The molecule has 2 heteroatoms. The van der Waals surface area contributed by atoms with Gasteiger partial charge in [0.25, 0.3) is 0 Å². The van der Waals surface area contributed by atoms with E-state index in [9.17, 15) is 0 Å². The van der Waals surface area contributed by atoms with Crippen molar-refractivity contribution in [2.45, 2.75) is 19.6 Å². The number of ether oxygens (including phenoxy) is 1. The maximum atomic E-state index is 5.17. The molecule has 1 aliphatic heterocycles. The van der Waals surface area contributed by atoms with Gasteiger partial charge in [0.2, 0.25) is 0 Å². The molecule has 0 aliphatic carbocycles. The topological polar surface area (TPSA) is 21.3 Å². The normalized spacial score (nSPS) is 28.3. The van der Waals surface area contributed by atoms with Crippen LogP contribution in [0.15, 0.2) is 0 Å². The molecule has 1 N–H and O–H groups in total. The molecular weight excluding hydrogens is 90.1 g/mol. The van der Waals surface area contributed by atoms with Crippen LogP contribution in [0.3, 0.4) is 0 Å². The average Bonchev–Trinajstić information content (AvgIpc) is 1.84. The first-order valence-corrected chi connectivity index (χ1v) is 2.44. The Morgan fingerprint density at radius 3 is 2.57 bits per heavy atom. The second-order valence-corrected chi connectivity index (χ2v) is 2.17. The van der Waals surface area contributed by atoms with E-state index in [0.717, 1.165) is 6.61 Å². The van der Waals surface area contributed by atoms with Gasteiger partial charge in [0.1, 0.15) is 5.72 Å². The molecule has 0 aromatic heterocycles. The minimum absolute atomic E-state index is 0.111.